The van der Waals surface area contributed by atoms with Gasteiger partial charge < -0.3 is 58.3 Å². The number of hydrogen-bond donors (Lipinski definition) is 2. The number of rotatable bonds is 19. The van der Waals surface area contributed by atoms with E-state index >= 15 is 0 Å². The maximum absolute atomic E-state index is 14.6. The Balaban J connectivity index is 0.000000201. The Morgan fingerprint density at radius 2 is 1.19 bits per heavy atom. The van der Waals surface area contributed by atoms with Crippen LogP contribution in [-0.4, -0.2) is 165 Å². The van der Waals surface area contributed by atoms with Gasteiger partial charge in [0, 0.05) is 65.2 Å². The minimum Gasteiger partial charge on any atom is -0.444 e. The maximum atomic E-state index is 14.6. The highest BCUT2D eigenvalue weighted by molar-refractivity contribution is 6.48. The van der Waals surface area contributed by atoms with Gasteiger partial charge in [0.25, 0.3) is 0 Å². The van der Waals surface area contributed by atoms with Crippen LogP contribution in [0.2, 0.25) is 0 Å². The van der Waals surface area contributed by atoms with Crippen LogP contribution in [0.25, 0.3) is 0 Å². The Labute approximate surface area is 655 Å². The fourth-order valence-electron chi connectivity index (χ4n) is 20.2. The maximum Gasteiger partial charge on any atom is 0.481 e. The number of carbonyl (C=O) groups excluding carboxylic acids is 6. The zero-order valence-corrected chi connectivity index (χ0v) is 64.6. The highest BCUT2D eigenvalue weighted by Gasteiger charge is 2.70. The number of benzene rings is 4. The predicted octanol–water partition coefficient (Wildman–Crippen LogP) is 15.8. The monoisotopic (exact) mass is 1500 g/mol. The molecule has 2 unspecified atom stereocenters. The van der Waals surface area contributed by atoms with E-state index in [4.69, 9.17) is 28.1 Å². The number of nitrogens with one attached hydrogen (secondary N) is 2. The van der Waals surface area contributed by atoms with Gasteiger partial charge in [-0.05, 0) is 146 Å². The average Bonchev–Trinajstić information content (AvgIpc) is 1.40. The molecule has 0 radical (unpaired) electrons. The van der Waals surface area contributed by atoms with Crippen LogP contribution >= 0.6 is 0 Å². The van der Waals surface area contributed by atoms with Gasteiger partial charge in [0.05, 0.1) is 48.4 Å². The Kier molecular flexibility index (Phi) is 26.0. The third-order valence-electron chi connectivity index (χ3n) is 26.7. The molecule has 4 aromatic rings. The summed E-state index contributed by atoms with van der Waals surface area (Å²) < 4.78 is 39.4. The van der Waals surface area contributed by atoms with Crippen LogP contribution in [0.4, 0.5) is 19.2 Å². The highest BCUT2D eigenvalue weighted by atomic mass is 16.7. The first-order chi connectivity index (χ1) is 52.1. The second kappa shape index (κ2) is 35.0. The van der Waals surface area contributed by atoms with Gasteiger partial charge in [-0.1, -0.05) is 215 Å². The molecule has 22 heteroatoms. The molecule has 7 heterocycles. The van der Waals surface area contributed by atoms with Crippen LogP contribution < -0.4 is 10.6 Å². The number of allylic oxidation sites excluding steroid dienone is 2. The van der Waals surface area contributed by atoms with Crippen LogP contribution in [0.15, 0.2) is 147 Å². The lowest BCUT2D eigenvalue weighted by Gasteiger charge is -2.64. The molecule has 6 saturated carbocycles. The fourth-order valence-corrected chi connectivity index (χ4v) is 20.2. The first kappa shape index (κ1) is 81.6. The van der Waals surface area contributed by atoms with Gasteiger partial charge >= 0.3 is 38.5 Å². The quantitative estimate of drug-likeness (QED) is 0.0512. The average molecular weight is 1510 g/mol. The van der Waals surface area contributed by atoms with E-state index in [-0.39, 0.29) is 93.6 Å². The van der Waals surface area contributed by atoms with Crippen LogP contribution in [0, 0.1) is 34.5 Å². The summed E-state index contributed by atoms with van der Waals surface area (Å²) in [7, 11) is -1.15. The molecule has 20 nitrogen and oxygen atoms in total. The Morgan fingerprint density at radius 3 is 1.78 bits per heavy atom. The molecule has 4 aromatic carbocycles. The van der Waals surface area contributed by atoms with Gasteiger partial charge in [-0.15, -0.1) is 13.2 Å². The summed E-state index contributed by atoms with van der Waals surface area (Å²) in [5.74, 6) is 0.742. The van der Waals surface area contributed by atoms with Crippen LogP contribution in [0.3, 0.4) is 0 Å². The van der Waals surface area contributed by atoms with E-state index in [0.29, 0.717) is 82.5 Å². The molecule has 110 heavy (non-hydrogen) atoms. The van der Waals surface area contributed by atoms with Crippen molar-refractivity contribution in [1.29, 1.82) is 0 Å². The molecule has 2 N–H and O–H groups in total. The lowest BCUT2D eigenvalue weighted by Crippen LogP contribution is -2.65. The largest absolute Gasteiger partial charge is 0.481 e. The van der Waals surface area contributed by atoms with Crippen molar-refractivity contribution in [3.8, 4) is 0 Å². The van der Waals surface area contributed by atoms with Crippen molar-refractivity contribution in [2.75, 3.05) is 26.2 Å². The van der Waals surface area contributed by atoms with Gasteiger partial charge in [-0.25, -0.2) is 19.2 Å². The highest BCUT2D eigenvalue weighted by Crippen LogP contribution is 2.67. The molecule has 4 saturated heterocycles. The summed E-state index contributed by atoms with van der Waals surface area (Å²) >= 11 is 0. The van der Waals surface area contributed by atoms with Crippen molar-refractivity contribution in [3.05, 3.63) is 180 Å². The summed E-state index contributed by atoms with van der Waals surface area (Å²) in [5.41, 5.74) is 5.98. The van der Waals surface area contributed by atoms with Crippen molar-refractivity contribution in [2.45, 2.75) is 271 Å². The molecule has 4 bridgehead atoms. The van der Waals surface area contributed by atoms with Crippen molar-refractivity contribution >= 4 is 50.3 Å². The third kappa shape index (κ3) is 17.2. The Morgan fingerprint density at radius 1 is 0.636 bits per heavy atom. The van der Waals surface area contributed by atoms with Crippen molar-refractivity contribution in [2.24, 2.45) is 34.5 Å². The number of hydrogen-bond acceptors (Lipinski definition) is 12. The smallest absolute Gasteiger partial charge is 0.444 e. The van der Waals surface area contributed by atoms with Crippen molar-refractivity contribution in [1.82, 2.24) is 40.0 Å². The molecule has 7 aliphatic heterocycles. The number of amides is 8. The van der Waals surface area contributed by atoms with E-state index in [9.17, 15) is 28.8 Å². The summed E-state index contributed by atoms with van der Waals surface area (Å²) in [6.45, 7) is 25.2. The zero-order chi connectivity index (χ0) is 75.5. The standard InChI is InChI=1S/C44H59BN4O6.C42H55BN4O6.2CH4/c1-6-8-9-10-11-15-22-39(45-54-38-25-34-24-37(43(34,3)4)44(38,5)55-45)46-40(50)36-26-35(53-42(52)48-28-32-20-16-17-21-33(32)29-48)30-49(36)41(51)47(23-7-2)27-31-18-13-12-14-19-31;1-41(2)32-22-35(41)42(3)36(23-32)52-43(53-42)37-20-12-7-5-4-6-8-15-21-45(25-29-16-10-9-11-17-29)39(49)47-28-33(24-34(47)38(48)44-37)51-40(50)46-26-30-18-13-14-19-31(30)27-46;;/h6-7,12-14,16-21,34-39H,1-2,8-11,15,22-30H2,3-5H3,(H,46,50);8-11,13-19,32-37H,4-7,12,20-28H2,1-3H3,(H,44,48);2*1H4/b;15-8+;;/t34-,35-,36+,37-,38?,39+,44-;32-,33-,34+,35-,36?,37+,42-;;/m11../s1. The number of carbonyl (C=O) groups is 6. The van der Waals surface area contributed by atoms with Crippen LogP contribution in [0.1, 0.15) is 205 Å². The molecule has 592 valence electrons. The topological polar surface area (TPSA) is 201 Å². The van der Waals surface area contributed by atoms with Gasteiger partial charge in [-0.2, -0.15) is 0 Å². The van der Waals surface area contributed by atoms with E-state index in [1.807, 2.05) is 115 Å². The van der Waals surface area contributed by atoms with Crippen LogP contribution in [0.5, 0.6) is 0 Å². The lowest BCUT2D eigenvalue weighted by atomic mass is 9.43. The van der Waals surface area contributed by atoms with E-state index in [2.05, 4.69) is 77.5 Å². The predicted molar refractivity (Wildman–Crippen MR) is 429 cm³/mol. The van der Waals surface area contributed by atoms with Crippen LogP contribution in [-0.2, 0) is 76.9 Å². The minimum absolute atomic E-state index is 0. The van der Waals surface area contributed by atoms with Crippen molar-refractivity contribution in [3.63, 3.8) is 0 Å². The van der Waals surface area contributed by atoms with E-state index in [1.165, 1.54) is 0 Å². The van der Waals surface area contributed by atoms with Gasteiger partial charge in [-0.3, -0.25) is 19.4 Å². The Bertz CT molecular complexity index is 3870. The minimum atomic E-state index is -0.856. The normalized spacial score (nSPS) is 30.0. The number of unbranched alkanes of at least 4 members (excludes halogenated alkanes) is 4. The summed E-state index contributed by atoms with van der Waals surface area (Å²) in [6.07, 6.45) is 22.0. The molecule has 17 rings (SSSR count). The SMILES string of the molecule is C.C.C=CCCCCCC[C@H](NC(=O)[C@@H]1C[C@@H](OC(=O)N2Cc3ccccc3C2)CN1C(=O)N(CC=C)Cc1ccccc1)B1OC2C[C@H]3C[C@H](C3(C)C)[C@@]2(C)O1.CC1(C)[C@H]2CC3OB([C@@H]4CCCCCC/C=C/CN(Cc5ccccc5)C(=O)N5C[C@H](OC(=O)N6Cc7ccccc7C6)C[C@H]5C(=O)N4)O[C@]3(C)[C@@H]1C2. The molecule has 14 atom stereocenters. The Hall–Kier alpha value is -7.91. The third-order valence-corrected chi connectivity index (χ3v) is 26.7. The van der Waals surface area contributed by atoms with Gasteiger partial charge in [0.15, 0.2) is 0 Å². The first-order valence-corrected chi connectivity index (χ1v) is 40.5. The number of ether oxygens (including phenoxy) is 2. The second-order valence-corrected chi connectivity index (χ2v) is 34.3. The molecule has 13 aliphatic rings. The fraction of sp³-hybridized carbons (Fsp3) is 0.591. The molecular formula is C88H122B2N8O12. The number of likely N-dealkylation sites (tertiary alicyclic amines) is 1. The zero-order valence-electron chi connectivity index (χ0n) is 64.6. The van der Waals surface area contributed by atoms with E-state index < -0.39 is 67.9 Å². The molecule has 6 aliphatic carbocycles. The number of nitrogens with zero attached hydrogens (tertiary/aromatic N) is 6. The molecular weight excluding hydrogens is 1380 g/mol. The molecule has 8 amide bonds. The van der Waals surface area contributed by atoms with Crippen molar-refractivity contribution < 1.29 is 56.9 Å². The summed E-state index contributed by atoms with van der Waals surface area (Å²) in [6, 6.07) is 33.5. The first-order valence-electron chi connectivity index (χ1n) is 40.5. The molecule has 0 aromatic heterocycles. The summed E-state index contributed by atoms with van der Waals surface area (Å²) in [4.78, 5) is 95.4. The van der Waals surface area contributed by atoms with Gasteiger partial charge in [0.2, 0.25) is 11.8 Å². The number of urea groups is 2. The van der Waals surface area contributed by atoms with E-state index in [0.717, 1.165) is 130 Å². The van der Waals surface area contributed by atoms with Gasteiger partial charge in [0.1, 0.15) is 24.3 Å². The summed E-state index contributed by atoms with van der Waals surface area (Å²) in [5, 5.41) is 6.68. The second-order valence-electron chi connectivity index (χ2n) is 34.3. The number of fused-ring (bicyclic) bond motifs is 3. The van der Waals surface area contributed by atoms with E-state index in [1.54, 1.807) is 35.5 Å². The molecule has 0 spiro atoms. The lowest BCUT2D eigenvalue weighted by molar-refractivity contribution is -0.199. The molecule has 10 fully saturated rings.